The molecule has 1 rings (SSSR count). The molecule has 0 saturated heterocycles. The molecule has 17 heavy (non-hydrogen) atoms. The van der Waals surface area contributed by atoms with E-state index < -0.39 is 0 Å². The van der Waals surface area contributed by atoms with E-state index in [1.807, 2.05) is 0 Å². The summed E-state index contributed by atoms with van der Waals surface area (Å²) in [5, 5.41) is 0. The monoisotopic (exact) mass is 232 g/mol. The normalized spacial score (nSPS) is 12.2. The van der Waals surface area contributed by atoms with Crippen molar-refractivity contribution in [1.82, 2.24) is 0 Å². The summed E-state index contributed by atoms with van der Waals surface area (Å²) in [6.45, 7) is 13.8. The standard InChI is InChI=1S/C17H28/c1-7-8-10-15-14(13(2)3)11-9-12-16(15)17(4,5)6/h9,11-13H,7-8,10H2,1-6H3. The first-order valence-corrected chi connectivity index (χ1v) is 7.00. The molecular formula is C17H28. The van der Waals surface area contributed by atoms with Crippen molar-refractivity contribution in [3.63, 3.8) is 0 Å². The minimum absolute atomic E-state index is 0.258. The summed E-state index contributed by atoms with van der Waals surface area (Å²) in [7, 11) is 0. The fourth-order valence-electron chi connectivity index (χ4n) is 2.48. The van der Waals surface area contributed by atoms with Gasteiger partial charge < -0.3 is 0 Å². The molecule has 0 amide bonds. The molecule has 0 spiro atoms. The quantitative estimate of drug-likeness (QED) is 0.647. The van der Waals surface area contributed by atoms with Crippen LogP contribution in [0.15, 0.2) is 18.2 Å². The van der Waals surface area contributed by atoms with E-state index in [0.717, 1.165) is 0 Å². The van der Waals surface area contributed by atoms with Gasteiger partial charge in [0.2, 0.25) is 0 Å². The summed E-state index contributed by atoms with van der Waals surface area (Å²) in [4.78, 5) is 0. The van der Waals surface area contributed by atoms with E-state index in [0.29, 0.717) is 5.92 Å². The topological polar surface area (TPSA) is 0 Å². The van der Waals surface area contributed by atoms with Crippen LogP contribution in [0.25, 0.3) is 0 Å². The molecule has 0 heterocycles. The highest BCUT2D eigenvalue weighted by Gasteiger charge is 2.20. The SMILES string of the molecule is CCCCc1c(C(C)C)cccc1C(C)(C)C. The molecule has 1 aromatic rings. The lowest BCUT2D eigenvalue weighted by molar-refractivity contribution is 0.576. The Kier molecular flexibility index (Phi) is 4.80. The van der Waals surface area contributed by atoms with Crippen molar-refractivity contribution < 1.29 is 0 Å². The second kappa shape index (κ2) is 5.71. The van der Waals surface area contributed by atoms with Gasteiger partial charge in [-0.05, 0) is 40.9 Å². The maximum absolute atomic E-state index is 2.32. The van der Waals surface area contributed by atoms with Crippen molar-refractivity contribution in [2.45, 2.75) is 72.1 Å². The molecule has 0 aliphatic heterocycles. The molecule has 0 radical (unpaired) electrons. The van der Waals surface area contributed by atoms with E-state index in [9.17, 15) is 0 Å². The zero-order valence-corrected chi connectivity index (χ0v) is 12.4. The van der Waals surface area contributed by atoms with E-state index in [2.05, 4.69) is 59.7 Å². The molecule has 0 saturated carbocycles. The Labute approximate surface area is 107 Å². The maximum Gasteiger partial charge on any atom is -0.0129 e. The van der Waals surface area contributed by atoms with Gasteiger partial charge >= 0.3 is 0 Å². The van der Waals surface area contributed by atoms with Crippen molar-refractivity contribution in [1.29, 1.82) is 0 Å². The molecule has 1 aromatic carbocycles. The summed E-state index contributed by atoms with van der Waals surface area (Å²) >= 11 is 0. The van der Waals surface area contributed by atoms with Crippen molar-refractivity contribution in [2.75, 3.05) is 0 Å². The van der Waals surface area contributed by atoms with Crippen molar-refractivity contribution in [3.8, 4) is 0 Å². The van der Waals surface area contributed by atoms with Crippen molar-refractivity contribution in [3.05, 3.63) is 34.9 Å². The number of unbranched alkanes of at least 4 members (excludes halogenated alkanes) is 1. The van der Waals surface area contributed by atoms with Crippen molar-refractivity contribution >= 4 is 0 Å². The van der Waals surface area contributed by atoms with Crippen LogP contribution in [0.2, 0.25) is 0 Å². The second-order valence-electron chi connectivity index (χ2n) is 6.38. The molecule has 0 aromatic heterocycles. The minimum atomic E-state index is 0.258. The number of hydrogen-bond donors (Lipinski definition) is 0. The molecule has 0 aliphatic rings. The zero-order valence-electron chi connectivity index (χ0n) is 12.4. The van der Waals surface area contributed by atoms with Gasteiger partial charge in [0.15, 0.2) is 0 Å². The first-order valence-electron chi connectivity index (χ1n) is 7.00. The van der Waals surface area contributed by atoms with Crippen LogP contribution in [0, 0.1) is 0 Å². The van der Waals surface area contributed by atoms with Crippen LogP contribution in [-0.2, 0) is 11.8 Å². The first kappa shape index (κ1) is 14.3. The minimum Gasteiger partial charge on any atom is -0.0654 e. The van der Waals surface area contributed by atoms with Gasteiger partial charge in [0.05, 0.1) is 0 Å². The average molecular weight is 232 g/mol. The molecule has 0 aliphatic carbocycles. The van der Waals surface area contributed by atoms with E-state index in [-0.39, 0.29) is 5.41 Å². The predicted octanol–water partition coefficient (Wildman–Crippen LogP) is 5.45. The molecule has 96 valence electrons. The average Bonchev–Trinajstić information content (AvgIpc) is 2.24. The van der Waals surface area contributed by atoms with Gasteiger partial charge in [-0.2, -0.15) is 0 Å². The Morgan fingerprint density at radius 1 is 1.12 bits per heavy atom. The van der Waals surface area contributed by atoms with Crippen LogP contribution >= 0.6 is 0 Å². The van der Waals surface area contributed by atoms with Gasteiger partial charge in [-0.1, -0.05) is 66.2 Å². The van der Waals surface area contributed by atoms with Gasteiger partial charge in [0.1, 0.15) is 0 Å². The fraction of sp³-hybridized carbons (Fsp3) is 0.647. The van der Waals surface area contributed by atoms with E-state index in [1.54, 1.807) is 11.1 Å². The van der Waals surface area contributed by atoms with Crippen LogP contribution in [0.1, 0.15) is 77.0 Å². The summed E-state index contributed by atoms with van der Waals surface area (Å²) in [6.07, 6.45) is 3.81. The summed E-state index contributed by atoms with van der Waals surface area (Å²) in [5.74, 6) is 0.629. The van der Waals surface area contributed by atoms with E-state index in [4.69, 9.17) is 0 Å². The third kappa shape index (κ3) is 3.59. The lowest BCUT2D eigenvalue weighted by atomic mass is 9.79. The van der Waals surface area contributed by atoms with Gasteiger partial charge in [0, 0.05) is 0 Å². The number of hydrogen-bond acceptors (Lipinski definition) is 0. The van der Waals surface area contributed by atoms with E-state index in [1.165, 1.54) is 24.8 Å². The highest BCUT2D eigenvalue weighted by molar-refractivity contribution is 5.41. The first-order chi connectivity index (χ1) is 7.88. The Morgan fingerprint density at radius 3 is 2.24 bits per heavy atom. The smallest absolute Gasteiger partial charge is 0.0129 e. The second-order valence-corrected chi connectivity index (χ2v) is 6.38. The van der Waals surface area contributed by atoms with Gasteiger partial charge in [-0.25, -0.2) is 0 Å². The lowest BCUT2D eigenvalue weighted by Crippen LogP contribution is -2.16. The Hall–Kier alpha value is -0.780. The largest absolute Gasteiger partial charge is 0.0654 e. The molecular weight excluding hydrogens is 204 g/mol. The highest BCUT2D eigenvalue weighted by atomic mass is 14.2. The third-order valence-electron chi connectivity index (χ3n) is 3.42. The zero-order chi connectivity index (χ0) is 13.1. The van der Waals surface area contributed by atoms with Gasteiger partial charge in [-0.15, -0.1) is 0 Å². The molecule has 0 atom stereocenters. The Bertz CT molecular complexity index is 353. The molecule has 0 heteroatoms. The van der Waals surface area contributed by atoms with Crippen LogP contribution < -0.4 is 0 Å². The molecule has 0 N–H and O–H groups in total. The Balaban J connectivity index is 3.24. The summed E-state index contributed by atoms with van der Waals surface area (Å²) in [6, 6.07) is 6.85. The van der Waals surface area contributed by atoms with Gasteiger partial charge in [0.25, 0.3) is 0 Å². The predicted molar refractivity (Wildman–Crippen MR) is 77.8 cm³/mol. The van der Waals surface area contributed by atoms with Gasteiger partial charge in [-0.3, -0.25) is 0 Å². The van der Waals surface area contributed by atoms with Crippen LogP contribution in [-0.4, -0.2) is 0 Å². The Morgan fingerprint density at radius 2 is 1.76 bits per heavy atom. The van der Waals surface area contributed by atoms with Crippen LogP contribution in [0.5, 0.6) is 0 Å². The number of rotatable bonds is 4. The summed E-state index contributed by atoms with van der Waals surface area (Å²) in [5.41, 5.74) is 4.95. The molecule has 0 bridgehead atoms. The maximum atomic E-state index is 2.32. The van der Waals surface area contributed by atoms with E-state index >= 15 is 0 Å². The molecule has 0 fully saturated rings. The van der Waals surface area contributed by atoms with Crippen LogP contribution in [0.4, 0.5) is 0 Å². The molecule has 0 nitrogen and oxygen atoms in total. The fourth-order valence-corrected chi connectivity index (χ4v) is 2.48. The third-order valence-corrected chi connectivity index (χ3v) is 3.42. The lowest BCUT2D eigenvalue weighted by Gasteiger charge is -2.26. The summed E-state index contributed by atoms with van der Waals surface area (Å²) < 4.78 is 0. The highest BCUT2D eigenvalue weighted by Crippen LogP contribution is 2.32. The molecule has 0 unspecified atom stereocenters. The number of benzene rings is 1. The van der Waals surface area contributed by atoms with Crippen molar-refractivity contribution in [2.24, 2.45) is 0 Å². The van der Waals surface area contributed by atoms with Crippen LogP contribution in [0.3, 0.4) is 0 Å².